The number of allylic oxidation sites excluding steroid dienone is 6. The highest BCUT2D eigenvalue weighted by Crippen LogP contribution is 2.15. The zero-order valence-corrected chi connectivity index (χ0v) is 40.0. The summed E-state index contributed by atoms with van der Waals surface area (Å²) in [4.78, 5) is 37.9. The number of ether oxygens (including phenoxy) is 3. The van der Waals surface area contributed by atoms with Crippen molar-refractivity contribution >= 4 is 17.9 Å². The Morgan fingerprint density at radius 1 is 0.333 bits per heavy atom. The quantitative estimate of drug-likeness (QED) is 0.0263. The largest absolute Gasteiger partial charge is 0.462 e. The van der Waals surface area contributed by atoms with Crippen molar-refractivity contribution in [1.29, 1.82) is 0 Å². The molecule has 6 heteroatoms. The number of hydrogen-bond acceptors (Lipinski definition) is 6. The van der Waals surface area contributed by atoms with E-state index in [2.05, 4.69) is 57.2 Å². The molecule has 0 rings (SSSR count). The van der Waals surface area contributed by atoms with Crippen LogP contribution in [0.4, 0.5) is 0 Å². The van der Waals surface area contributed by atoms with Crippen molar-refractivity contribution in [2.24, 2.45) is 0 Å². The van der Waals surface area contributed by atoms with Crippen molar-refractivity contribution in [2.75, 3.05) is 13.2 Å². The molecule has 0 heterocycles. The van der Waals surface area contributed by atoms with Gasteiger partial charge in [0.15, 0.2) is 6.10 Å². The molecule has 350 valence electrons. The molecule has 0 aliphatic carbocycles. The second-order valence-electron chi connectivity index (χ2n) is 17.4. The first-order valence-corrected chi connectivity index (χ1v) is 26.0. The van der Waals surface area contributed by atoms with E-state index in [0.717, 1.165) is 83.5 Å². The lowest BCUT2D eigenvalue weighted by atomic mass is 10.0. The Labute approximate surface area is 372 Å². The maximum absolute atomic E-state index is 12.8. The summed E-state index contributed by atoms with van der Waals surface area (Å²) in [5, 5.41) is 0. The molecule has 1 atom stereocenters. The summed E-state index contributed by atoms with van der Waals surface area (Å²) in [5.74, 6) is -0.885. The van der Waals surface area contributed by atoms with E-state index >= 15 is 0 Å². The number of hydrogen-bond donors (Lipinski definition) is 0. The van der Waals surface area contributed by atoms with Crippen molar-refractivity contribution < 1.29 is 28.6 Å². The van der Waals surface area contributed by atoms with Crippen LogP contribution in [0.25, 0.3) is 0 Å². The molecule has 0 fully saturated rings. The first kappa shape index (κ1) is 57.6. The molecule has 0 unspecified atom stereocenters. The lowest BCUT2D eigenvalue weighted by Gasteiger charge is -2.18. The lowest BCUT2D eigenvalue weighted by Crippen LogP contribution is -2.30. The fourth-order valence-corrected chi connectivity index (χ4v) is 7.41. The van der Waals surface area contributed by atoms with Crippen LogP contribution in [0, 0.1) is 0 Å². The normalized spacial score (nSPS) is 12.2. The molecular weight excluding hydrogens is 745 g/mol. The maximum Gasteiger partial charge on any atom is 0.306 e. The van der Waals surface area contributed by atoms with Crippen molar-refractivity contribution in [3.05, 3.63) is 36.5 Å². The molecule has 0 aliphatic rings. The van der Waals surface area contributed by atoms with Crippen LogP contribution >= 0.6 is 0 Å². The summed E-state index contributed by atoms with van der Waals surface area (Å²) in [7, 11) is 0. The molecule has 0 radical (unpaired) electrons. The maximum atomic E-state index is 12.8. The van der Waals surface area contributed by atoms with E-state index in [4.69, 9.17) is 14.2 Å². The van der Waals surface area contributed by atoms with E-state index < -0.39 is 6.10 Å². The second-order valence-corrected chi connectivity index (χ2v) is 17.4. The summed E-state index contributed by atoms with van der Waals surface area (Å²) < 4.78 is 16.8. The lowest BCUT2D eigenvalue weighted by molar-refractivity contribution is -0.167. The summed E-state index contributed by atoms with van der Waals surface area (Å²) >= 11 is 0. The smallest absolute Gasteiger partial charge is 0.306 e. The SMILES string of the molecule is CCCCC/C=C\C/C=C\CCCCCCCC(=O)O[C@H](COC(=O)CCCCCCCCC/C=C\CCCCCC)COC(=O)CCCCCCCCCCCCCC. The van der Waals surface area contributed by atoms with Gasteiger partial charge in [-0.15, -0.1) is 0 Å². The highest BCUT2D eigenvalue weighted by molar-refractivity contribution is 5.71. The molecule has 0 aromatic heterocycles. The summed E-state index contributed by atoms with van der Waals surface area (Å²) in [6, 6.07) is 0. The van der Waals surface area contributed by atoms with Crippen LogP contribution in [0.3, 0.4) is 0 Å². The summed E-state index contributed by atoms with van der Waals surface area (Å²) in [5.41, 5.74) is 0. The average Bonchev–Trinajstić information content (AvgIpc) is 3.24. The summed E-state index contributed by atoms with van der Waals surface area (Å²) in [6.07, 6.45) is 56.9. The Hall–Kier alpha value is -2.37. The van der Waals surface area contributed by atoms with Crippen LogP contribution in [0.5, 0.6) is 0 Å². The van der Waals surface area contributed by atoms with Crippen molar-refractivity contribution in [3.8, 4) is 0 Å². The van der Waals surface area contributed by atoms with E-state index in [1.165, 1.54) is 148 Å². The van der Waals surface area contributed by atoms with Gasteiger partial charge >= 0.3 is 17.9 Å². The van der Waals surface area contributed by atoms with Crippen LogP contribution < -0.4 is 0 Å². The van der Waals surface area contributed by atoms with Gasteiger partial charge in [-0.2, -0.15) is 0 Å². The van der Waals surface area contributed by atoms with Gasteiger partial charge in [0.1, 0.15) is 13.2 Å². The number of unbranched alkanes of at least 4 members (excludes halogenated alkanes) is 30. The Bertz CT molecular complexity index is 1020. The molecule has 0 aliphatic heterocycles. The van der Waals surface area contributed by atoms with Crippen LogP contribution in [-0.2, 0) is 28.6 Å². The van der Waals surface area contributed by atoms with Gasteiger partial charge in [-0.3, -0.25) is 14.4 Å². The van der Waals surface area contributed by atoms with E-state index in [9.17, 15) is 14.4 Å². The van der Waals surface area contributed by atoms with Crippen LogP contribution in [-0.4, -0.2) is 37.2 Å². The minimum atomic E-state index is -0.777. The van der Waals surface area contributed by atoms with Gasteiger partial charge in [-0.25, -0.2) is 0 Å². The third-order valence-corrected chi connectivity index (χ3v) is 11.4. The minimum absolute atomic E-state index is 0.0764. The van der Waals surface area contributed by atoms with Gasteiger partial charge in [0.25, 0.3) is 0 Å². The zero-order valence-electron chi connectivity index (χ0n) is 40.0. The third kappa shape index (κ3) is 46.7. The molecule has 0 spiro atoms. The first-order valence-electron chi connectivity index (χ1n) is 26.0. The van der Waals surface area contributed by atoms with E-state index in [-0.39, 0.29) is 31.1 Å². The molecule has 6 nitrogen and oxygen atoms in total. The van der Waals surface area contributed by atoms with Crippen molar-refractivity contribution in [3.63, 3.8) is 0 Å². The Morgan fingerprint density at radius 3 is 0.983 bits per heavy atom. The van der Waals surface area contributed by atoms with Crippen LogP contribution in [0.2, 0.25) is 0 Å². The second kappa shape index (κ2) is 49.3. The van der Waals surface area contributed by atoms with Crippen molar-refractivity contribution in [2.45, 2.75) is 277 Å². The molecule has 0 saturated heterocycles. The van der Waals surface area contributed by atoms with Crippen LogP contribution in [0.1, 0.15) is 271 Å². The van der Waals surface area contributed by atoms with E-state index in [1.54, 1.807) is 0 Å². The van der Waals surface area contributed by atoms with Gasteiger partial charge in [-0.05, 0) is 77.0 Å². The molecule has 0 N–H and O–H groups in total. The van der Waals surface area contributed by atoms with Crippen molar-refractivity contribution in [1.82, 2.24) is 0 Å². The number of carbonyl (C=O) groups is 3. The molecular formula is C54H98O6. The van der Waals surface area contributed by atoms with Crippen LogP contribution in [0.15, 0.2) is 36.5 Å². The fraction of sp³-hybridized carbons (Fsp3) is 0.833. The van der Waals surface area contributed by atoms with Gasteiger partial charge in [0.05, 0.1) is 0 Å². The monoisotopic (exact) mass is 843 g/mol. The number of esters is 3. The average molecular weight is 843 g/mol. The minimum Gasteiger partial charge on any atom is -0.462 e. The van der Waals surface area contributed by atoms with Gasteiger partial charge in [0.2, 0.25) is 0 Å². The molecule has 60 heavy (non-hydrogen) atoms. The fourth-order valence-electron chi connectivity index (χ4n) is 7.41. The Morgan fingerprint density at radius 2 is 0.600 bits per heavy atom. The topological polar surface area (TPSA) is 78.9 Å². The zero-order chi connectivity index (χ0) is 43.7. The van der Waals surface area contributed by atoms with E-state index in [0.29, 0.717) is 19.3 Å². The molecule has 0 aromatic carbocycles. The van der Waals surface area contributed by atoms with Gasteiger partial charge in [0, 0.05) is 19.3 Å². The molecule has 0 saturated carbocycles. The predicted molar refractivity (Wildman–Crippen MR) is 256 cm³/mol. The van der Waals surface area contributed by atoms with Gasteiger partial charge in [-0.1, -0.05) is 211 Å². The highest BCUT2D eigenvalue weighted by atomic mass is 16.6. The van der Waals surface area contributed by atoms with Gasteiger partial charge < -0.3 is 14.2 Å². The summed E-state index contributed by atoms with van der Waals surface area (Å²) in [6.45, 7) is 6.60. The number of rotatable bonds is 47. The Balaban J connectivity index is 4.38. The molecule has 0 aromatic rings. The highest BCUT2D eigenvalue weighted by Gasteiger charge is 2.19. The standard InChI is InChI=1S/C54H98O6/c1-4-7-10-13-16-19-22-25-27-29-32-35-38-41-44-47-53(56)59-50-51(49-58-52(55)46-43-40-37-34-31-24-21-18-15-12-9-6-3)60-54(57)48-45-42-39-36-33-30-28-26-23-20-17-14-11-8-5-2/h17,19-20,22,26,28,51H,4-16,18,21,23-25,27,29-50H2,1-3H3/b20-17-,22-19-,28-26-/t51-/m0/s1. The molecule has 0 bridgehead atoms. The number of carbonyl (C=O) groups excluding carboxylic acids is 3. The molecule has 0 amide bonds. The third-order valence-electron chi connectivity index (χ3n) is 11.4. The Kier molecular flexibility index (Phi) is 47.3. The van der Waals surface area contributed by atoms with E-state index in [1.807, 2.05) is 0 Å². The first-order chi connectivity index (χ1) is 29.5. The predicted octanol–water partition coefficient (Wildman–Crippen LogP) is 16.9.